The molecule has 4 amide bonds. The van der Waals surface area contributed by atoms with Crippen LogP contribution in [0.5, 0.6) is 0 Å². The molecule has 406 valence electrons. The van der Waals surface area contributed by atoms with Crippen LogP contribution < -0.4 is 5.32 Å². The Balaban J connectivity index is 0.000000167. The quantitative estimate of drug-likeness (QED) is 0.0495. The van der Waals surface area contributed by atoms with Crippen molar-refractivity contribution in [3.8, 4) is 18.2 Å². The Bertz CT molecular complexity index is 2780. The summed E-state index contributed by atoms with van der Waals surface area (Å²) in [6, 6.07) is 66.3. The number of ether oxygens (including phenoxy) is 6. The monoisotopic (exact) mass is 1070 g/mol. The van der Waals surface area contributed by atoms with E-state index in [9.17, 15) is 19.2 Å². The Hall–Kier alpha value is -9.25. The molecule has 0 saturated carbocycles. The first kappa shape index (κ1) is 57.5. The van der Waals surface area contributed by atoms with E-state index in [4.69, 9.17) is 44.6 Å². The number of aliphatic hydroxyl groups excluding tert-OH is 1. The van der Waals surface area contributed by atoms with Gasteiger partial charge in [-0.1, -0.05) is 189 Å². The first-order valence-corrected chi connectivity index (χ1v) is 25.7. The summed E-state index contributed by atoms with van der Waals surface area (Å²) in [6.45, 7) is 4.08. The molecule has 4 heterocycles. The topological polar surface area (TPSA) is 237 Å². The van der Waals surface area contributed by atoms with Crippen LogP contribution >= 0.6 is 0 Å². The summed E-state index contributed by atoms with van der Waals surface area (Å²) in [7, 11) is 0. The van der Waals surface area contributed by atoms with Gasteiger partial charge in [0, 0.05) is 0 Å². The largest absolute Gasteiger partial charge is 0.444 e. The van der Waals surface area contributed by atoms with E-state index in [1.807, 2.05) is 171 Å². The second-order valence-electron chi connectivity index (χ2n) is 18.3. The van der Waals surface area contributed by atoms with E-state index in [1.54, 1.807) is 0 Å². The average Bonchev–Trinajstić information content (AvgIpc) is 4.46. The molecule has 4 aliphatic heterocycles. The zero-order valence-corrected chi connectivity index (χ0v) is 43.6. The SMILES string of the molecule is CC[C@@H]1CN(CC#N)C(=O)O1.N#CCN1C[C@@H](CO)OC1=O.N#CCN1C[C@@H](COC(c2ccccc2)(c2ccccc2)c2ccccc2)OC1=O.O=C1NC[C@@H](COC(c2ccccc2)(c2ccccc2)c2ccccc2)O1. The van der Waals surface area contributed by atoms with Crippen LogP contribution in [0.4, 0.5) is 19.2 Å². The van der Waals surface area contributed by atoms with E-state index < -0.39 is 41.7 Å². The molecule has 10 rings (SSSR count). The maximum absolute atomic E-state index is 12.0. The van der Waals surface area contributed by atoms with Crippen molar-refractivity contribution in [3.05, 3.63) is 215 Å². The van der Waals surface area contributed by atoms with E-state index in [1.165, 1.54) is 14.7 Å². The van der Waals surface area contributed by atoms with Crippen LogP contribution in [0.2, 0.25) is 0 Å². The molecule has 4 atom stereocenters. The third-order valence-corrected chi connectivity index (χ3v) is 13.1. The van der Waals surface area contributed by atoms with E-state index >= 15 is 0 Å². The number of benzene rings is 6. The van der Waals surface area contributed by atoms with Gasteiger partial charge in [0.1, 0.15) is 55.3 Å². The highest BCUT2D eigenvalue weighted by Crippen LogP contribution is 2.42. The second-order valence-corrected chi connectivity index (χ2v) is 18.3. The van der Waals surface area contributed by atoms with Crippen molar-refractivity contribution in [1.29, 1.82) is 15.8 Å². The molecule has 6 aromatic rings. The number of nitrogens with zero attached hydrogens (tertiary/aromatic N) is 6. The Kier molecular flexibility index (Phi) is 20.9. The maximum Gasteiger partial charge on any atom is 0.411 e. The molecule has 0 aliphatic carbocycles. The first-order chi connectivity index (χ1) is 38.6. The molecule has 0 aromatic heterocycles. The summed E-state index contributed by atoms with van der Waals surface area (Å²) in [5.41, 5.74) is 4.39. The van der Waals surface area contributed by atoms with Gasteiger partial charge in [0.2, 0.25) is 0 Å². The third kappa shape index (κ3) is 14.6. The van der Waals surface area contributed by atoms with Crippen molar-refractivity contribution in [1.82, 2.24) is 20.0 Å². The summed E-state index contributed by atoms with van der Waals surface area (Å²) >= 11 is 0. The van der Waals surface area contributed by atoms with Gasteiger partial charge in [0.25, 0.3) is 0 Å². The van der Waals surface area contributed by atoms with Crippen molar-refractivity contribution in [2.45, 2.75) is 49.0 Å². The second kappa shape index (κ2) is 28.8. The number of carbonyl (C=O) groups is 4. The molecule has 0 spiro atoms. The van der Waals surface area contributed by atoms with Crippen molar-refractivity contribution >= 4 is 24.4 Å². The first-order valence-electron chi connectivity index (χ1n) is 25.7. The highest BCUT2D eigenvalue weighted by atomic mass is 16.6. The summed E-state index contributed by atoms with van der Waals surface area (Å²) < 4.78 is 33.6. The normalized spacial score (nSPS) is 18.2. The lowest BCUT2D eigenvalue weighted by molar-refractivity contribution is -0.0298. The molecule has 18 heteroatoms. The van der Waals surface area contributed by atoms with Gasteiger partial charge in [-0.05, 0) is 39.8 Å². The van der Waals surface area contributed by atoms with E-state index in [-0.39, 0.29) is 57.8 Å². The molecule has 0 bridgehead atoms. The summed E-state index contributed by atoms with van der Waals surface area (Å²) in [5, 5.41) is 36.7. The number of aliphatic hydroxyl groups is 1. The van der Waals surface area contributed by atoms with Crippen molar-refractivity contribution in [3.63, 3.8) is 0 Å². The molecule has 2 N–H and O–H groups in total. The highest BCUT2D eigenvalue weighted by Gasteiger charge is 2.42. The standard InChI is InChI=1S/C25H22N2O3.C23H21NO3.C7H10N2O2.C6H8N2O3/c26-16-17-27-18-23(30-24(27)28)19-29-25(20-10-4-1-5-11-20,21-12-6-2-7-13-21)22-14-8-3-9-15-22;25-22-24-16-21(27-22)17-26-23(18-10-4-1-5-11-18,19-12-6-2-7-13-19)20-14-8-3-9-15-20;1-2-6-5-9(4-3-8)7(10)11-6;7-1-2-8-3-5(4-9)11-6(8)10/h1-15,23H,17-19H2;1-15,21H,16-17H2,(H,24,25);6H,2,4-5H2,1H3;5,9H,2-4H2/t23-;21-;6-;5-/m0010/s1. The van der Waals surface area contributed by atoms with Gasteiger partial charge in [0.15, 0.2) is 0 Å². The van der Waals surface area contributed by atoms with Gasteiger partial charge in [0.05, 0.1) is 64.2 Å². The number of nitriles is 3. The van der Waals surface area contributed by atoms with Gasteiger partial charge < -0.3 is 38.8 Å². The minimum Gasteiger partial charge on any atom is -0.444 e. The van der Waals surface area contributed by atoms with Crippen LogP contribution in [0.25, 0.3) is 0 Å². The fourth-order valence-electron chi connectivity index (χ4n) is 9.26. The summed E-state index contributed by atoms with van der Waals surface area (Å²) in [4.78, 5) is 49.1. The fourth-order valence-corrected chi connectivity index (χ4v) is 9.26. The molecule has 79 heavy (non-hydrogen) atoms. The molecule has 18 nitrogen and oxygen atoms in total. The van der Waals surface area contributed by atoms with Crippen LogP contribution in [0.15, 0.2) is 182 Å². The van der Waals surface area contributed by atoms with E-state index in [2.05, 4.69) is 46.5 Å². The number of hydrogen-bond donors (Lipinski definition) is 2. The van der Waals surface area contributed by atoms with E-state index in [0.29, 0.717) is 26.2 Å². The Morgan fingerprint density at radius 2 is 0.759 bits per heavy atom. The van der Waals surface area contributed by atoms with Crippen molar-refractivity contribution < 1.29 is 52.7 Å². The van der Waals surface area contributed by atoms with Gasteiger partial charge in [-0.2, -0.15) is 15.8 Å². The Morgan fingerprint density at radius 1 is 0.468 bits per heavy atom. The van der Waals surface area contributed by atoms with Gasteiger partial charge >= 0.3 is 24.4 Å². The van der Waals surface area contributed by atoms with Gasteiger partial charge in [-0.15, -0.1) is 0 Å². The van der Waals surface area contributed by atoms with Crippen molar-refractivity contribution in [2.75, 3.05) is 65.6 Å². The van der Waals surface area contributed by atoms with Crippen LogP contribution in [0.1, 0.15) is 46.7 Å². The number of cyclic esters (lactones) is 4. The predicted octanol–water partition coefficient (Wildman–Crippen LogP) is 8.51. The summed E-state index contributed by atoms with van der Waals surface area (Å²) in [5.74, 6) is 0. The lowest BCUT2D eigenvalue weighted by Crippen LogP contribution is -2.36. The van der Waals surface area contributed by atoms with Gasteiger partial charge in [-0.3, -0.25) is 14.7 Å². The fraction of sp³-hybridized carbons (Fsp3) is 0.295. The zero-order valence-electron chi connectivity index (χ0n) is 43.6. The van der Waals surface area contributed by atoms with Crippen molar-refractivity contribution in [2.24, 2.45) is 0 Å². The predicted molar refractivity (Wildman–Crippen MR) is 288 cm³/mol. The molecule has 4 aliphatic rings. The number of carbonyl (C=O) groups excluding carboxylic acids is 4. The number of amides is 4. The Morgan fingerprint density at radius 3 is 1.03 bits per heavy atom. The zero-order chi connectivity index (χ0) is 55.9. The molecule has 6 aromatic carbocycles. The number of nitrogens with one attached hydrogen (secondary N) is 1. The van der Waals surface area contributed by atoms with Gasteiger partial charge in [-0.25, -0.2) is 19.2 Å². The summed E-state index contributed by atoms with van der Waals surface area (Å²) in [6.07, 6.45) is -2.18. The molecule has 0 radical (unpaired) electrons. The Labute approximate surface area is 459 Å². The lowest BCUT2D eigenvalue weighted by atomic mass is 9.80. The smallest absolute Gasteiger partial charge is 0.411 e. The van der Waals surface area contributed by atoms with Crippen LogP contribution in [-0.2, 0) is 39.6 Å². The maximum atomic E-state index is 12.0. The number of alkyl carbamates (subject to hydrolysis) is 1. The van der Waals surface area contributed by atoms with Crippen LogP contribution in [0.3, 0.4) is 0 Å². The minimum absolute atomic E-state index is 0.0104. The number of rotatable bonds is 17. The molecular weight excluding hydrogens is 1010 g/mol. The van der Waals surface area contributed by atoms with E-state index in [0.717, 1.165) is 39.8 Å². The van der Waals surface area contributed by atoms with Crippen LogP contribution in [0, 0.1) is 34.0 Å². The third-order valence-electron chi connectivity index (χ3n) is 13.1. The molecule has 4 fully saturated rings. The molecular formula is C61H61N7O11. The van der Waals surface area contributed by atoms with Crippen LogP contribution in [-0.4, -0.2) is 134 Å². The number of hydrogen-bond acceptors (Lipinski definition) is 14. The molecule has 4 saturated heterocycles. The lowest BCUT2D eigenvalue weighted by Gasteiger charge is -2.36. The molecule has 0 unspecified atom stereocenters. The minimum atomic E-state index is -0.862. The average molecular weight is 1070 g/mol. The highest BCUT2D eigenvalue weighted by molar-refractivity contribution is 5.71.